The third kappa shape index (κ3) is 2.46. The molecule has 114 valence electrons. The molecule has 0 bridgehead atoms. The zero-order valence-corrected chi connectivity index (χ0v) is 11.5. The molecule has 21 heavy (non-hydrogen) atoms. The Kier molecular flexibility index (Phi) is 3.31. The predicted molar refractivity (Wildman–Crippen MR) is 68.5 cm³/mol. The lowest BCUT2D eigenvalue weighted by Gasteiger charge is -2.16. The molecule has 0 saturated heterocycles. The number of alkyl halides is 2. The van der Waals surface area contributed by atoms with Crippen molar-refractivity contribution in [2.75, 3.05) is 6.61 Å². The lowest BCUT2D eigenvalue weighted by atomic mass is 10.0. The molecule has 0 spiro atoms. The summed E-state index contributed by atoms with van der Waals surface area (Å²) >= 11 is 5.84. The van der Waals surface area contributed by atoms with Gasteiger partial charge in [0.05, 0.1) is 17.2 Å². The quantitative estimate of drug-likeness (QED) is 0.916. The maximum absolute atomic E-state index is 13.5. The van der Waals surface area contributed by atoms with Gasteiger partial charge in [-0.05, 0) is 24.8 Å². The first-order valence-electron chi connectivity index (χ1n) is 6.53. The molecule has 1 aromatic carbocycles. The van der Waals surface area contributed by atoms with Crippen molar-refractivity contribution >= 4 is 17.6 Å². The van der Waals surface area contributed by atoms with E-state index >= 15 is 0 Å². The van der Waals surface area contributed by atoms with Gasteiger partial charge in [-0.25, -0.2) is 18.0 Å². The first kappa shape index (κ1) is 14.5. The van der Waals surface area contributed by atoms with Crippen LogP contribution in [0.15, 0.2) is 12.1 Å². The first-order chi connectivity index (χ1) is 9.80. The van der Waals surface area contributed by atoms with Gasteiger partial charge in [-0.2, -0.15) is 0 Å². The fraction of sp³-hybridized carbons (Fsp3) is 0.500. The third-order valence-corrected chi connectivity index (χ3v) is 4.56. The summed E-state index contributed by atoms with van der Waals surface area (Å²) in [4.78, 5) is 10.7. The van der Waals surface area contributed by atoms with Crippen LogP contribution < -0.4 is 4.74 Å². The second-order valence-electron chi connectivity index (χ2n) is 5.60. The van der Waals surface area contributed by atoms with E-state index in [4.69, 9.17) is 21.4 Å². The highest BCUT2D eigenvalue weighted by Gasteiger charge is 2.71. The van der Waals surface area contributed by atoms with Gasteiger partial charge >= 0.3 is 5.97 Å². The number of carbonyl (C=O) groups is 1. The van der Waals surface area contributed by atoms with E-state index in [0.717, 1.165) is 12.1 Å². The number of ether oxygens (including phenoxy) is 1. The average Bonchev–Trinajstić information content (AvgIpc) is 2.79. The minimum atomic E-state index is -2.52. The highest BCUT2D eigenvalue weighted by Crippen LogP contribution is 2.65. The van der Waals surface area contributed by atoms with Crippen molar-refractivity contribution in [3.63, 3.8) is 0 Å². The average molecular weight is 321 g/mol. The molecule has 2 aliphatic rings. The molecular weight excluding hydrogens is 309 g/mol. The van der Waals surface area contributed by atoms with Gasteiger partial charge < -0.3 is 9.84 Å². The molecule has 2 fully saturated rings. The van der Waals surface area contributed by atoms with Crippen LogP contribution >= 0.6 is 11.6 Å². The molecule has 3 atom stereocenters. The van der Waals surface area contributed by atoms with Crippen LogP contribution in [0.4, 0.5) is 13.2 Å². The van der Waals surface area contributed by atoms with E-state index < -0.39 is 35.1 Å². The highest BCUT2D eigenvalue weighted by molar-refractivity contribution is 6.32. The summed E-state index contributed by atoms with van der Waals surface area (Å²) in [5.41, 5.74) is -0.533. The molecule has 0 aromatic heterocycles. The zero-order chi connectivity index (χ0) is 15.4. The zero-order valence-electron chi connectivity index (χ0n) is 10.8. The lowest BCUT2D eigenvalue weighted by molar-refractivity contribution is 0.0580. The minimum absolute atomic E-state index is 0.00194. The summed E-state index contributed by atoms with van der Waals surface area (Å²) in [6.45, 7) is 0.175. The molecule has 0 radical (unpaired) electrons. The SMILES string of the molecule is O=C(O)c1cc(Cl)c(OC[C@H]2C[C@@H]3[C@H](C2)C3(F)F)cc1F. The van der Waals surface area contributed by atoms with Crippen LogP contribution in [0.5, 0.6) is 5.75 Å². The van der Waals surface area contributed by atoms with Crippen molar-refractivity contribution in [2.45, 2.75) is 18.8 Å². The van der Waals surface area contributed by atoms with Gasteiger partial charge in [-0.1, -0.05) is 11.6 Å². The van der Waals surface area contributed by atoms with Crippen molar-refractivity contribution in [3.05, 3.63) is 28.5 Å². The van der Waals surface area contributed by atoms with Gasteiger partial charge in [0.25, 0.3) is 5.92 Å². The van der Waals surface area contributed by atoms with Gasteiger partial charge in [0.1, 0.15) is 11.6 Å². The van der Waals surface area contributed by atoms with Crippen LogP contribution in [0.2, 0.25) is 5.02 Å². The number of halogens is 4. The molecule has 7 heteroatoms. The van der Waals surface area contributed by atoms with Crippen molar-refractivity contribution in [2.24, 2.45) is 17.8 Å². The normalized spacial score (nSPS) is 29.0. The summed E-state index contributed by atoms with van der Waals surface area (Å²) < 4.78 is 45.0. The maximum Gasteiger partial charge on any atom is 0.338 e. The van der Waals surface area contributed by atoms with Crippen molar-refractivity contribution < 1.29 is 27.8 Å². The summed E-state index contributed by atoms with van der Waals surface area (Å²) in [5, 5.41) is 8.74. The van der Waals surface area contributed by atoms with Crippen LogP contribution in [0.3, 0.4) is 0 Å². The number of carboxylic acid groups (broad SMARTS) is 1. The van der Waals surface area contributed by atoms with E-state index in [9.17, 15) is 18.0 Å². The number of fused-ring (bicyclic) bond motifs is 1. The van der Waals surface area contributed by atoms with E-state index in [-0.39, 0.29) is 23.3 Å². The summed E-state index contributed by atoms with van der Waals surface area (Å²) in [6, 6.07) is 1.89. The molecule has 0 amide bonds. The molecule has 1 N–H and O–H groups in total. The van der Waals surface area contributed by atoms with E-state index in [2.05, 4.69) is 0 Å². The van der Waals surface area contributed by atoms with Gasteiger partial charge in [0.15, 0.2) is 0 Å². The van der Waals surface area contributed by atoms with Crippen LogP contribution in [0.1, 0.15) is 23.2 Å². The number of hydrogen-bond acceptors (Lipinski definition) is 2. The molecule has 0 aliphatic heterocycles. The molecule has 2 aliphatic carbocycles. The number of carboxylic acids is 1. The maximum atomic E-state index is 13.5. The fourth-order valence-corrected chi connectivity index (χ4v) is 3.28. The Morgan fingerprint density at radius 1 is 1.38 bits per heavy atom. The van der Waals surface area contributed by atoms with Crippen LogP contribution in [0, 0.1) is 23.6 Å². The van der Waals surface area contributed by atoms with Crippen LogP contribution in [-0.4, -0.2) is 23.6 Å². The van der Waals surface area contributed by atoms with E-state index in [1.54, 1.807) is 0 Å². The van der Waals surface area contributed by atoms with Crippen LogP contribution in [0.25, 0.3) is 0 Å². The number of hydrogen-bond donors (Lipinski definition) is 1. The van der Waals surface area contributed by atoms with Crippen molar-refractivity contribution in [1.29, 1.82) is 0 Å². The van der Waals surface area contributed by atoms with Crippen molar-refractivity contribution in [3.8, 4) is 5.75 Å². The Hall–Kier alpha value is -1.43. The van der Waals surface area contributed by atoms with Gasteiger partial charge in [0.2, 0.25) is 0 Å². The van der Waals surface area contributed by atoms with Gasteiger partial charge in [0, 0.05) is 17.9 Å². The van der Waals surface area contributed by atoms with E-state index in [1.807, 2.05) is 0 Å². The number of benzene rings is 1. The van der Waals surface area contributed by atoms with Gasteiger partial charge in [-0.15, -0.1) is 0 Å². The largest absolute Gasteiger partial charge is 0.492 e. The predicted octanol–water partition coefficient (Wildman–Crippen LogP) is 3.85. The molecule has 3 nitrogen and oxygen atoms in total. The first-order valence-corrected chi connectivity index (χ1v) is 6.91. The Morgan fingerprint density at radius 2 is 2.00 bits per heavy atom. The molecule has 3 rings (SSSR count). The molecular formula is C14H12ClF3O3. The topological polar surface area (TPSA) is 46.5 Å². The number of rotatable bonds is 4. The monoisotopic (exact) mass is 320 g/mol. The minimum Gasteiger partial charge on any atom is -0.492 e. The summed E-state index contributed by atoms with van der Waals surface area (Å²) in [6.07, 6.45) is 0.788. The number of aromatic carboxylic acids is 1. The summed E-state index contributed by atoms with van der Waals surface area (Å²) in [7, 11) is 0. The Labute approximate surface area is 123 Å². The fourth-order valence-electron chi connectivity index (χ4n) is 3.06. The Morgan fingerprint density at radius 3 is 2.57 bits per heavy atom. The standard InChI is InChI=1S/C14H12ClF3O3/c15-10-3-7(13(19)20)11(16)4-12(10)21-5-6-1-8-9(2-6)14(8,17)18/h3-4,6,8-9H,1-2,5H2,(H,19,20)/t6-,8+,9-. The van der Waals surface area contributed by atoms with Crippen LogP contribution in [-0.2, 0) is 0 Å². The lowest BCUT2D eigenvalue weighted by Crippen LogP contribution is -2.15. The second kappa shape index (κ2) is 4.80. The summed E-state index contributed by atoms with van der Waals surface area (Å²) in [5.74, 6) is -5.95. The Balaban J connectivity index is 1.62. The van der Waals surface area contributed by atoms with E-state index in [0.29, 0.717) is 12.8 Å². The highest BCUT2D eigenvalue weighted by atomic mass is 35.5. The van der Waals surface area contributed by atoms with E-state index in [1.165, 1.54) is 0 Å². The molecule has 1 aromatic rings. The van der Waals surface area contributed by atoms with Crippen molar-refractivity contribution in [1.82, 2.24) is 0 Å². The second-order valence-corrected chi connectivity index (χ2v) is 6.01. The molecule has 0 heterocycles. The molecule has 2 saturated carbocycles. The Bertz CT molecular complexity index is 591. The third-order valence-electron chi connectivity index (χ3n) is 4.27. The smallest absolute Gasteiger partial charge is 0.338 e. The molecule has 0 unspecified atom stereocenters. The van der Waals surface area contributed by atoms with Gasteiger partial charge in [-0.3, -0.25) is 0 Å².